The van der Waals surface area contributed by atoms with Crippen molar-refractivity contribution in [3.8, 4) is 0 Å². The number of amides is 1. The predicted molar refractivity (Wildman–Crippen MR) is 101 cm³/mol. The highest BCUT2D eigenvalue weighted by Crippen LogP contribution is 2.19. The third-order valence-electron chi connectivity index (χ3n) is 5.31. The molecule has 1 aromatic carbocycles. The van der Waals surface area contributed by atoms with Crippen LogP contribution in [0.2, 0.25) is 0 Å². The summed E-state index contributed by atoms with van der Waals surface area (Å²) >= 11 is 0. The van der Waals surface area contributed by atoms with Gasteiger partial charge in [0.1, 0.15) is 0 Å². The normalized spacial score (nSPS) is 22.7. The molecule has 0 saturated carbocycles. The fourth-order valence-corrected chi connectivity index (χ4v) is 3.76. The minimum absolute atomic E-state index is 0.0847. The molecule has 2 saturated heterocycles. The molecular weight excluding hydrogens is 314 g/mol. The molecule has 3 rings (SSSR count). The van der Waals surface area contributed by atoms with Crippen LogP contribution in [-0.2, 0) is 9.53 Å². The second kappa shape index (κ2) is 8.79. The summed E-state index contributed by atoms with van der Waals surface area (Å²) in [5.41, 5.74) is 3.19. The zero-order valence-corrected chi connectivity index (χ0v) is 15.6. The standard InChI is InChI=1S/C20H31N3O2/c1-16-6-5-7-17(2)20(16)21-19(24)15-23-11-9-22(10-12-23)14-18-8-3-4-13-25-18/h5-7,18H,3-4,8-15H2,1-2H3,(H,21,24)/t18-/m0/s1. The van der Waals surface area contributed by atoms with Crippen molar-refractivity contribution >= 4 is 11.6 Å². The zero-order valence-electron chi connectivity index (χ0n) is 15.6. The monoisotopic (exact) mass is 345 g/mol. The Labute approximate surface area is 151 Å². The van der Waals surface area contributed by atoms with E-state index in [1.807, 2.05) is 32.0 Å². The topological polar surface area (TPSA) is 44.8 Å². The lowest BCUT2D eigenvalue weighted by atomic mass is 10.1. The van der Waals surface area contributed by atoms with Crippen LogP contribution in [0, 0.1) is 13.8 Å². The Kier molecular flexibility index (Phi) is 6.45. The number of nitrogens with zero attached hydrogens (tertiary/aromatic N) is 2. The highest BCUT2D eigenvalue weighted by atomic mass is 16.5. The van der Waals surface area contributed by atoms with Crippen molar-refractivity contribution in [2.24, 2.45) is 0 Å². The van der Waals surface area contributed by atoms with Crippen LogP contribution in [0.3, 0.4) is 0 Å². The number of carbonyl (C=O) groups excluding carboxylic acids is 1. The van der Waals surface area contributed by atoms with Gasteiger partial charge in [0.25, 0.3) is 0 Å². The van der Waals surface area contributed by atoms with E-state index in [0.29, 0.717) is 12.6 Å². The fourth-order valence-electron chi connectivity index (χ4n) is 3.76. The van der Waals surface area contributed by atoms with Gasteiger partial charge in [0, 0.05) is 45.0 Å². The Morgan fingerprint density at radius 3 is 2.44 bits per heavy atom. The first-order chi connectivity index (χ1) is 12.1. The Morgan fingerprint density at radius 1 is 1.12 bits per heavy atom. The first-order valence-electron chi connectivity index (χ1n) is 9.54. The van der Waals surface area contributed by atoms with Crippen molar-refractivity contribution in [1.82, 2.24) is 9.80 Å². The summed E-state index contributed by atoms with van der Waals surface area (Å²) in [5, 5.41) is 3.09. The number of para-hydroxylation sites is 1. The molecule has 25 heavy (non-hydrogen) atoms. The first kappa shape index (κ1) is 18.4. The SMILES string of the molecule is Cc1cccc(C)c1NC(=O)CN1CCN(C[C@@H]2CCCCO2)CC1. The fraction of sp³-hybridized carbons (Fsp3) is 0.650. The van der Waals surface area contributed by atoms with Gasteiger partial charge in [-0.05, 0) is 44.2 Å². The third kappa shape index (κ3) is 5.27. The quantitative estimate of drug-likeness (QED) is 0.890. The first-order valence-corrected chi connectivity index (χ1v) is 9.54. The van der Waals surface area contributed by atoms with Gasteiger partial charge in [0.2, 0.25) is 5.91 Å². The summed E-state index contributed by atoms with van der Waals surface area (Å²) in [7, 11) is 0. The molecule has 2 aliphatic heterocycles. The van der Waals surface area contributed by atoms with Crippen LogP contribution in [0.5, 0.6) is 0 Å². The van der Waals surface area contributed by atoms with E-state index in [1.54, 1.807) is 0 Å². The summed E-state index contributed by atoms with van der Waals surface area (Å²) in [4.78, 5) is 17.1. The maximum Gasteiger partial charge on any atom is 0.238 e. The van der Waals surface area contributed by atoms with Crippen LogP contribution in [0.15, 0.2) is 18.2 Å². The van der Waals surface area contributed by atoms with E-state index in [4.69, 9.17) is 4.74 Å². The molecule has 1 atom stereocenters. The van der Waals surface area contributed by atoms with Crippen molar-refractivity contribution in [3.05, 3.63) is 29.3 Å². The summed E-state index contributed by atoms with van der Waals surface area (Å²) in [6.45, 7) is 10.5. The Morgan fingerprint density at radius 2 is 1.80 bits per heavy atom. The number of rotatable bonds is 5. The largest absolute Gasteiger partial charge is 0.377 e. The van der Waals surface area contributed by atoms with E-state index in [0.717, 1.165) is 56.1 Å². The van der Waals surface area contributed by atoms with Gasteiger partial charge in [-0.3, -0.25) is 14.6 Å². The smallest absolute Gasteiger partial charge is 0.238 e. The number of piperazine rings is 1. The molecule has 0 spiro atoms. The van der Waals surface area contributed by atoms with E-state index in [-0.39, 0.29) is 5.91 Å². The average molecular weight is 345 g/mol. The van der Waals surface area contributed by atoms with E-state index in [1.165, 1.54) is 19.3 Å². The lowest BCUT2D eigenvalue weighted by Crippen LogP contribution is -2.50. The van der Waals surface area contributed by atoms with Crippen molar-refractivity contribution in [2.75, 3.05) is 51.2 Å². The zero-order chi connectivity index (χ0) is 17.6. The van der Waals surface area contributed by atoms with Crippen LogP contribution in [0.25, 0.3) is 0 Å². The molecule has 2 fully saturated rings. The number of hydrogen-bond acceptors (Lipinski definition) is 4. The lowest BCUT2D eigenvalue weighted by molar-refractivity contribution is -0.117. The highest BCUT2D eigenvalue weighted by molar-refractivity contribution is 5.93. The molecular formula is C20H31N3O2. The van der Waals surface area contributed by atoms with Crippen molar-refractivity contribution < 1.29 is 9.53 Å². The molecule has 5 nitrogen and oxygen atoms in total. The molecule has 2 heterocycles. The molecule has 5 heteroatoms. The van der Waals surface area contributed by atoms with Crippen LogP contribution < -0.4 is 5.32 Å². The van der Waals surface area contributed by atoms with Gasteiger partial charge < -0.3 is 10.1 Å². The van der Waals surface area contributed by atoms with Gasteiger partial charge in [0.15, 0.2) is 0 Å². The van der Waals surface area contributed by atoms with Crippen LogP contribution in [0.4, 0.5) is 5.69 Å². The van der Waals surface area contributed by atoms with Gasteiger partial charge in [0.05, 0.1) is 12.6 Å². The van der Waals surface area contributed by atoms with Crippen molar-refractivity contribution in [1.29, 1.82) is 0 Å². The maximum absolute atomic E-state index is 12.4. The second-order valence-corrected chi connectivity index (χ2v) is 7.38. The maximum atomic E-state index is 12.4. The van der Waals surface area contributed by atoms with Gasteiger partial charge in [-0.1, -0.05) is 18.2 Å². The number of nitrogens with one attached hydrogen (secondary N) is 1. The van der Waals surface area contributed by atoms with Gasteiger partial charge >= 0.3 is 0 Å². The average Bonchev–Trinajstić information content (AvgIpc) is 2.61. The molecule has 0 unspecified atom stereocenters. The van der Waals surface area contributed by atoms with Crippen LogP contribution in [0.1, 0.15) is 30.4 Å². The molecule has 2 aliphatic rings. The number of ether oxygens (including phenoxy) is 1. The van der Waals surface area contributed by atoms with E-state index in [9.17, 15) is 4.79 Å². The third-order valence-corrected chi connectivity index (χ3v) is 5.31. The summed E-state index contributed by atoms with van der Waals surface area (Å²) in [6, 6.07) is 6.10. The minimum atomic E-state index is 0.0847. The second-order valence-electron chi connectivity index (χ2n) is 7.38. The predicted octanol–water partition coefficient (Wildman–Crippen LogP) is 2.43. The molecule has 1 N–H and O–H groups in total. The number of carbonyl (C=O) groups is 1. The Hall–Kier alpha value is -1.43. The minimum Gasteiger partial charge on any atom is -0.377 e. The molecule has 0 bridgehead atoms. The van der Waals surface area contributed by atoms with E-state index < -0.39 is 0 Å². The van der Waals surface area contributed by atoms with E-state index >= 15 is 0 Å². The lowest BCUT2D eigenvalue weighted by Gasteiger charge is -2.36. The number of hydrogen-bond donors (Lipinski definition) is 1. The van der Waals surface area contributed by atoms with E-state index in [2.05, 4.69) is 15.1 Å². The van der Waals surface area contributed by atoms with Gasteiger partial charge in [-0.2, -0.15) is 0 Å². The molecule has 0 aromatic heterocycles. The number of benzene rings is 1. The van der Waals surface area contributed by atoms with Gasteiger partial charge in [-0.25, -0.2) is 0 Å². The molecule has 1 amide bonds. The molecule has 1 aromatic rings. The summed E-state index contributed by atoms with van der Waals surface area (Å²) in [5.74, 6) is 0.0847. The van der Waals surface area contributed by atoms with Crippen LogP contribution >= 0.6 is 0 Å². The molecule has 138 valence electrons. The number of aryl methyl sites for hydroxylation is 2. The highest BCUT2D eigenvalue weighted by Gasteiger charge is 2.23. The van der Waals surface area contributed by atoms with Crippen molar-refractivity contribution in [2.45, 2.75) is 39.2 Å². The molecule has 0 radical (unpaired) electrons. The Bertz CT molecular complexity index is 556. The number of anilines is 1. The molecule has 0 aliphatic carbocycles. The Balaban J connectivity index is 1.41. The van der Waals surface area contributed by atoms with Crippen LogP contribution in [-0.4, -0.2) is 67.7 Å². The summed E-state index contributed by atoms with van der Waals surface area (Å²) in [6.07, 6.45) is 4.11. The van der Waals surface area contributed by atoms with Crippen molar-refractivity contribution in [3.63, 3.8) is 0 Å². The summed E-state index contributed by atoms with van der Waals surface area (Å²) < 4.78 is 5.84. The van der Waals surface area contributed by atoms with Gasteiger partial charge in [-0.15, -0.1) is 0 Å².